The quantitative estimate of drug-likeness (QED) is 0.311. The van der Waals surface area contributed by atoms with Crippen molar-refractivity contribution in [1.82, 2.24) is 25.0 Å². The lowest BCUT2D eigenvalue weighted by atomic mass is 9.84. The number of rotatable bonds is 4. The summed E-state index contributed by atoms with van der Waals surface area (Å²) < 4.78 is 29.6. The SMILES string of the molecule is Cc1ccc(S(=O)(=O)N[C@H]2CNC(=O)c3[nH]c4ccccc4c3[C@@H]2c2c[nH]c3ccccc23)nc1. The van der Waals surface area contributed by atoms with E-state index in [2.05, 4.69) is 25.0 Å². The number of para-hydroxylation sites is 2. The van der Waals surface area contributed by atoms with Crippen molar-refractivity contribution in [2.24, 2.45) is 0 Å². The highest BCUT2D eigenvalue weighted by molar-refractivity contribution is 7.89. The number of fused-ring (bicyclic) bond motifs is 4. The summed E-state index contributed by atoms with van der Waals surface area (Å²) in [4.78, 5) is 23.8. The summed E-state index contributed by atoms with van der Waals surface area (Å²) in [5.74, 6) is -0.715. The molecule has 0 bridgehead atoms. The number of nitrogens with one attached hydrogen (secondary N) is 4. The Morgan fingerprint density at radius 1 is 0.971 bits per heavy atom. The van der Waals surface area contributed by atoms with Gasteiger partial charge in [0, 0.05) is 46.7 Å². The minimum Gasteiger partial charge on any atom is -0.361 e. The van der Waals surface area contributed by atoms with Gasteiger partial charge in [0.05, 0.1) is 6.04 Å². The fourth-order valence-electron chi connectivity index (χ4n) is 4.98. The molecule has 0 aliphatic carbocycles. The number of nitrogens with zero attached hydrogens (tertiary/aromatic N) is 1. The predicted molar refractivity (Wildman–Crippen MR) is 134 cm³/mol. The number of carbonyl (C=O) groups is 1. The first-order chi connectivity index (χ1) is 16.9. The van der Waals surface area contributed by atoms with Crippen LogP contribution in [0, 0.1) is 6.92 Å². The number of hydrogen-bond donors (Lipinski definition) is 4. The second kappa shape index (κ2) is 8.07. The van der Waals surface area contributed by atoms with Gasteiger partial charge in [0.1, 0.15) is 5.69 Å². The standard InChI is InChI=1S/C26H23N5O3S/c1-15-10-11-22(28-12-15)35(33,34)31-21-14-29-26(32)25-24(17-7-3-5-9-20(17)30-25)23(21)18-13-27-19-8-4-2-6-16(18)19/h2-13,21,23,27,30-31H,14H2,1H3,(H,29,32)/t21-,23+/m0/s1. The van der Waals surface area contributed by atoms with E-state index in [1.807, 2.05) is 61.7 Å². The normalized spacial score (nSPS) is 18.4. The molecule has 6 rings (SSSR count). The van der Waals surface area contributed by atoms with Crippen LogP contribution < -0.4 is 10.0 Å². The van der Waals surface area contributed by atoms with E-state index >= 15 is 0 Å². The number of benzene rings is 2. The third-order valence-electron chi connectivity index (χ3n) is 6.59. The van der Waals surface area contributed by atoms with Crippen LogP contribution in [-0.2, 0) is 10.0 Å². The minimum absolute atomic E-state index is 0.0597. The zero-order valence-corrected chi connectivity index (χ0v) is 19.7. The molecule has 0 spiro atoms. The van der Waals surface area contributed by atoms with Crippen LogP contribution in [0.5, 0.6) is 0 Å². The summed E-state index contributed by atoms with van der Waals surface area (Å²) in [6.45, 7) is 1.97. The summed E-state index contributed by atoms with van der Waals surface area (Å²) in [6.07, 6.45) is 3.43. The van der Waals surface area contributed by atoms with Gasteiger partial charge in [-0.05, 0) is 41.8 Å². The first kappa shape index (κ1) is 21.6. The molecule has 8 nitrogen and oxygen atoms in total. The Bertz CT molecular complexity index is 1690. The van der Waals surface area contributed by atoms with Crippen LogP contribution in [0.2, 0.25) is 0 Å². The van der Waals surface area contributed by atoms with Crippen LogP contribution in [0.1, 0.15) is 33.1 Å². The van der Waals surface area contributed by atoms with Gasteiger partial charge in [0.25, 0.3) is 15.9 Å². The molecule has 3 aromatic heterocycles. The molecule has 5 aromatic rings. The highest BCUT2D eigenvalue weighted by Crippen LogP contribution is 2.40. The fraction of sp³-hybridized carbons (Fsp3) is 0.154. The van der Waals surface area contributed by atoms with Gasteiger partial charge in [0.15, 0.2) is 5.03 Å². The van der Waals surface area contributed by atoms with Crippen molar-refractivity contribution in [3.8, 4) is 0 Å². The van der Waals surface area contributed by atoms with Crippen molar-refractivity contribution in [2.75, 3.05) is 6.54 Å². The smallest absolute Gasteiger partial charge is 0.268 e. The molecule has 0 fully saturated rings. The molecule has 4 heterocycles. The number of pyridine rings is 1. The Balaban J connectivity index is 1.56. The number of H-pyrrole nitrogens is 2. The first-order valence-electron chi connectivity index (χ1n) is 11.3. The maximum absolute atomic E-state index is 13.4. The number of aromatic nitrogens is 3. The van der Waals surface area contributed by atoms with E-state index in [9.17, 15) is 13.2 Å². The summed E-state index contributed by atoms with van der Waals surface area (Å²) in [5.41, 5.74) is 4.75. The van der Waals surface area contributed by atoms with E-state index in [0.29, 0.717) is 5.69 Å². The van der Waals surface area contributed by atoms with E-state index in [4.69, 9.17) is 0 Å². The number of aromatic amines is 2. The molecule has 0 unspecified atom stereocenters. The minimum atomic E-state index is -3.96. The third-order valence-corrected chi connectivity index (χ3v) is 8.00. The van der Waals surface area contributed by atoms with Crippen molar-refractivity contribution in [3.05, 3.63) is 95.4 Å². The van der Waals surface area contributed by atoms with Gasteiger partial charge in [-0.2, -0.15) is 0 Å². The van der Waals surface area contributed by atoms with Crippen LogP contribution in [-0.4, -0.2) is 41.9 Å². The van der Waals surface area contributed by atoms with Gasteiger partial charge >= 0.3 is 0 Å². The summed E-state index contributed by atoms with van der Waals surface area (Å²) in [7, 11) is -3.96. The van der Waals surface area contributed by atoms with E-state index in [0.717, 1.165) is 38.5 Å². The van der Waals surface area contributed by atoms with Crippen LogP contribution in [0.15, 0.2) is 78.1 Å². The predicted octanol–water partition coefficient (Wildman–Crippen LogP) is 3.58. The maximum Gasteiger partial charge on any atom is 0.268 e. The Labute approximate surface area is 201 Å². The molecule has 35 heavy (non-hydrogen) atoms. The van der Waals surface area contributed by atoms with Crippen LogP contribution in [0.25, 0.3) is 21.8 Å². The lowest BCUT2D eigenvalue weighted by Gasteiger charge is -2.26. The van der Waals surface area contributed by atoms with Gasteiger partial charge in [-0.1, -0.05) is 42.5 Å². The molecule has 1 aliphatic heterocycles. The Morgan fingerprint density at radius 2 is 1.71 bits per heavy atom. The zero-order valence-electron chi connectivity index (χ0n) is 18.9. The molecule has 0 saturated heterocycles. The lowest BCUT2D eigenvalue weighted by Crippen LogP contribution is -2.45. The van der Waals surface area contributed by atoms with Gasteiger partial charge in [-0.25, -0.2) is 18.1 Å². The van der Waals surface area contributed by atoms with Gasteiger partial charge in [0.2, 0.25) is 0 Å². The summed E-state index contributed by atoms with van der Waals surface area (Å²) in [6, 6.07) is 18.1. The van der Waals surface area contributed by atoms with Crippen LogP contribution in [0.3, 0.4) is 0 Å². The van der Waals surface area contributed by atoms with Crippen molar-refractivity contribution in [1.29, 1.82) is 0 Å². The monoisotopic (exact) mass is 485 g/mol. The van der Waals surface area contributed by atoms with Gasteiger partial charge < -0.3 is 15.3 Å². The molecular formula is C26H23N5O3S. The van der Waals surface area contributed by atoms with Crippen molar-refractivity contribution >= 4 is 37.7 Å². The van der Waals surface area contributed by atoms with Crippen molar-refractivity contribution < 1.29 is 13.2 Å². The summed E-state index contributed by atoms with van der Waals surface area (Å²) >= 11 is 0. The van der Waals surface area contributed by atoms with E-state index < -0.39 is 22.0 Å². The second-order valence-electron chi connectivity index (χ2n) is 8.84. The molecule has 1 aliphatic rings. The Morgan fingerprint density at radius 3 is 2.49 bits per heavy atom. The maximum atomic E-state index is 13.4. The Kier molecular flexibility index (Phi) is 4.98. The highest BCUT2D eigenvalue weighted by Gasteiger charge is 2.38. The third kappa shape index (κ3) is 3.60. The molecule has 1 amide bonds. The van der Waals surface area contributed by atoms with Gasteiger partial charge in [-0.3, -0.25) is 4.79 Å². The first-order valence-corrected chi connectivity index (χ1v) is 12.8. The van der Waals surface area contributed by atoms with Crippen molar-refractivity contribution in [3.63, 3.8) is 0 Å². The summed E-state index contributed by atoms with van der Waals surface area (Å²) in [5, 5.41) is 4.70. The highest BCUT2D eigenvalue weighted by atomic mass is 32.2. The largest absolute Gasteiger partial charge is 0.361 e. The number of hydrogen-bond acceptors (Lipinski definition) is 4. The lowest BCUT2D eigenvalue weighted by molar-refractivity contribution is 0.0950. The molecule has 4 N–H and O–H groups in total. The Hall–Kier alpha value is -3.95. The molecular weight excluding hydrogens is 462 g/mol. The molecule has 0 radical (unpaired) electrons. The molecule has 0 saturated carbocycles. The fourth-order valence-corrected chi connectivity index (χ4v) is 6.16. The molecule has 176 valence electrons. The van der Waals surface area contributed by atoms with Crippen molar-refractivity contribution in [2.45, 2.75) is 23.9 Å². The number of sulfonamides is 1. The molecule has 2 atom stereocenters. The average molecular weight is 486 g/mol. The van der Waals surface area contributed by atoms with Gasteiger partial charge in [-0.15, -0.1) is 0 Å². The van der Waals surface area contributed by atoms with Crippen LogP contribution in [0.4, 0.5) is 0 Å². The topological polar surface area (TPSA) is 120 Å². The number of amides is 1. The molecule has 9 heteroatoms. The van der Waals surface area contributed by atoms with Crippen LogP contribution >= 0.6 is 0 Å². The second-order valence-corrected chi connectivity index (χ2v) is 10.5. The average Bonchev–Trinajstić information content (AvgIpc) is 3.42. The van der Waals surface area contributed by atoms with E-state index in [1.165, 1.54) is 12.3 Å². The van der Waals surface area contributed by atoms with E-state index in [-0.39, 0.29) is 17.5 Å². The number of carbonyl (C=O) groups excluding carboxylic acids is 1. The van der Waals surface area contributed by atoms with E-state index in [1.54, 1.807) is 6.07 Å². The molecule has 2 aromatic carbocycles. The zero-order chi connectivity index (χ0) is 24.2. The number of aryl methyl sites for hydroxylation is 1.